The number of aromatic nitrogens is 2. The third kappa shape index (κ3) is 4.14. The van der Waals surface area contributed by atoms with E-state index in [0.29, 0.717) is 6.04 Å². The van der Waals surface area contributed by atoms with Crippen molar-refractivity contribution in [2.45, 2.75) is 25.8 Å². The van der Waals surface area contributed by atoms with Gasteiger partial charge in [-0.2, -0.15) is 4.98 Å². The van der Waals surface area contributed by atoms with E-state index in [1.807, 2.05) is 43.3 Å². The summed E-state index contributed by atoms with van der Waals surface area (Å²) >= 11 is 0. The van der Waals surface area contributed by atoms with Crippen LogP contribution in [0.5, 0.6) is 0 Å². The van der Waals surface area contributed by atoms with Gasteiger partial charge in [-0.3, -0.25) is 4.90 Å². The van der Waals surface area contributed by atoms with Gasteiger partial charge in [0.1, 0.15) is 5.82 Å². The van der Waals surface area contributed by atoms with Crippen molar-refractivity contribution >= 4 is 17.5 Å². The molecule has 0 aliphatic carbocycles. The molecule has 0 bridgehead atoms. The van der Waals surface area contributed by atoms with E-state index in [9.17, 15) is 0 Å². The summed E-state index contributed by atoms with van der Waals surface area (Å²) in [7, 11) is 0. The number of para-hydroxylation sites is 1. The predicted molar refractivity (Wildman–Crippen MR) is 104 cm³/mol. The Balaban J connectivity index is 1.41. The van der Waals surface area contributed by atoms with Crippen LogP contribution in [0.25, 0.3) is 0 Å². The molecule has 1 aromatic heterocycles. The summed E-state index contributed by atoms with van der Waals surface area (Å²) in [6, 6.07) is 12.8. The van der Waals surface area contributed by atoms with Crippen molar-refractivity contribution in [3.05, 3.63) is 42.1 Å². The molecular formula is C20H27N5O. The van der Waals surface area contributed by atoms with Crippen LogP contribution in [0.4, 0.5) is 17.5 Å². The maximum absolute atomic E-state index is 5.48. The fraction of sp³-hybridized carbons (Fsp3) is 0.500. The molecule has 2 aliphatic rings. The van der Waals surface area contributed by atoms with Crippen LogP contribution in [0.1, 0.15) is 18.5 Å². The number of morpholine rings is 1. The van der Waals surface area contributed by atoms with E-state index in [1.54, 1.807) is 0 Å². The average Bonchev–Trinajstić information content (AvgIpc) is 2.69. The van der Waals surface area contributed by atoms with Crippen LogP contribution in [0, 0.1) is 6.92 Å². The first-order valence-corrected chi connectivity index (χ1v) is 9.52. The van der Waals surface area contributed by atoms with Gasteiger partial charge in [0.2, 0.25) is 5.95 Å². The lowest BCUT2D eigenvalue weighted by atomic mass is 10.0. The van der Waals surface area contributed by atoms with Gasteiger partial charge < -0.3 is 15.0 Å². The zero-order valence-electron chi connectivity index (χ0n) is 15.4. The van der Waals surface area contributed by atoms with Gasteiger partial charge in [-0.1, -0.05) is 18.2 Å². The van der Waals surface area contributed by atoms with Gasteiger partial charge >= 0.3 is 0 Å². The Morgan fingerprint density at radius 1 is 1.00 bits per heavy atom. The van der Waals surface area contributed by atoms with E-state index in [1.165, 1.54) is 12.8 Å². The quantitative estimate of drug-likeness (QED) is 0.912. The van der Waals surface area contributed by atoms with Gasteiger partial charge in [-0.05, 0) is 31.9 Å². The summed E-state index contributed by atoms with van der Waals surface area (Å²) in [6.07, 6.45) is 2.33. The van der Waals surface area contributed by atoms with E-state index >= 15 is 0 Å². The lowest BCUT2D eigenvalue weighted by molar-refractivity contribution is 0.0114. The van der Waals surface area contributed by atoms with Gasteiger partial charge in [-0.25, -0.2) is 4.98 Å². The smallest absolute Gasteiger partial charge is 0.227 e. The van der Waals surface area contributed by atoms with Crippen LogP contribution in [0.15, 0.2) is 36.4 Å². The highest BCUT2D eigenvalue weighted by atomic mass is 16.5. The lowest BCUT2D eigenvalue weighted by Gasteiger charge is -2.40. The molecule has 4 rings (SSSR count). The van der Waals surface area contributed by atoms with Crippen LogP contribution >= 0.6 is 0 Å². The Hall–Kier alpha value is -2.18. The normalized spacial score (nSPS) is 19.5. The molecule has 6 nitrogen and oxygen atoms in total. The molecule has 2 aromatic rings. The number of nitrogens with zero attached hydrogens (tertiary/aromatic N) is 4. The number of hydrogen-bond donors (Lipinski definition) is 1. The molecule has 26 heavy (non-hydrogen) atoms. The largest absolute Gasteiger partial charge is 0.379 e. The monoisotopic (exact) mass is 353 g/mol. The molecular weight excluding hydrogens is 326 g/mol. The van der Waals surface area contributed by atoms with Crippen molar-refractivity contribution in [1.82, 2.24) is 14.9 Å². The fourth-order valence-electron chi connectivity index (χ4n) is 3.80. The lowest BCUT2D eigenvalue weighted by Crippen LogP contribution is -2.49. The zero-order chi connectivity index (χ0) is 17.8. The standard InChI is InChI=1S/C20H27N5O/c1-16-15-19(22-17-5-3-2-4-6-17)23-20(21-16)25-9-7-18(8-10-25)24-11-13-26-14-12-24/h2-6,15,18H,7-14H2,1H3,(H,21,22,23). The Morgan fingerprint density at radius 3 is 2.46 bits per heavy atom. The minimum absolute atomic E-state index is 0.668. The Kier molecular flexibility index (Phi) is 5.32. The van der Waals surface area contributed by atoms with Crippen molar-refractivity contribution in [1.29, 1.82) is 0 Å². The molecule has 0 spiro atoms. The highest BCUT2D eigenvalue weighted by Crippen LogP contribution is 2.23. The molecule has 2 saturated heterocycles. The topological polar surface area (TPSA) is 53.5 Å². The van der Waals surface area contributed by atoms with Gasteiger partial charge in [0, 0.05) is 49.7 Å². The summed E-state index contributed by atoms with van der Waals surface area (Å²) in [5.74, 6) is 1.69. The molecule has 0 radical (unpaired) electrons. The summed E-state index contributed by atoms with van der Waals surface area (Å²) in [5, 5.41) is 3.38. The van der Waals surface area contributed by atoms with Crippen molar-refractivity contribution in [3.8, 4) is 0 Å². The zero-order valence-corrected chi connectivity index (χ0v) is 15.4. The van der Waals surface area contributed by atoms with E-state index in [2.05, 4.69) is 20.1 Å². The number of hydrogen-bond acceptors (Lipinski definition) is 6. The van der Waals surface area contributed by atoms with Gasteiger partial charge in [-0.15, -0.1) is 0 Å². The second-order valence-electron chi connectivity index (χ2n) is 7.05. The van der Waals surface area contributed by atoms with Gasteiger partial charge in [0.25, 0.3) is 0 Å². The van der Waals surface area contributed by atoms with Crippen LogP contribution in [-0.4, -0.2) is 60.3 Å². The summed E-state index contributed by atoms with van der Waals surface area (Å²) in [5.41, 5.74) is 2.03. The Labute approximate surface area is 155 Å². The first-order valence-electron chi connectivity index (χ1n) is 9.52. The molecule has 0 unspecified atom stereocenters. The molecule has 0 atom stereocenters. The third-order valence-corrected chi connectivity index (χ3v) is 5.20. The third-order valence-electron chi connectivity index (χ3n) is 5.20. The Morgan fingerprint density at radius 2 is 1.73 bits per heavy atom. The SMILES string of the molecule is Cc1cc(Nc2ccccc2)nc(N2CCC(N3CCOCC3)CC2)n1. The van der Waals surface area contributed by atoms with Crippen molar-refractivity contribution < 1.29 is 4.74 Å². The number of nitrogens with one attached hydrogen (secondary N) is 1. The van der Waals surface area contributed by atoms with Crippen molar-refractivity contribution in [3.63, 3.8) is 0 Å². The maximum Gasteiger partial charge on any atom is 0.227 e. The molecule has 2 fully saturated rings. The molecule has 3 heterocycles. The number of ether oxygens (including phenoxy) is 1. The second-order valence-corrected chi connectivity index (χ2v) is 7.05. The first-order chi connectivity index (χ1) is 12.8. The maximum atomic E-state index is 5.48. The van der Waals surface area contributed by atoms with E-state index in [4.69, 9.17) is 9.72 Å². The fourth-order valence-corrected chi connectivity index (χ4v) is 3.80. The highest BCUT2D eigenvalue weighted by molar-refractivity contribution is 5.57. The van der Waals surface area contributed by atoms with Crippen LogP contribution in [0.2, 0.25) is 0 Å². The van der Waals surface area contributed by atoms with Crippen molar-refractivity contribution in [2.24, 2.45) is 0 Å². The molecule has 2 aliphatic heterocycles. The van der Waals surface area contributed by atoms with Gasteiger partial charge in [0.05, 0.1) is 13.2 Å². The van der Waals surface area contributed by atoms with E-state index in [0.717, 1.165) is 62.5 Å². The van der Waals surface area contributed by atoms with Crippen molar-refractivity contribution in [2.75, 3.05) is 49.6 Å². The summed E-state index contributed by atoms with van der Waals surface area (Å²) < 4.78 is 5.48. The summed E-state index contributed by atoms with van der Waals surface area (Å²) in [4.78, 5) is 14.3. The molecule has 0 amide bonds. The first kappa shape index (κ1) is 17.2. The molecule has 138 valence electrons. The minimum atomic E-state index is 0.668. The number of anilines is 3. The van der Waals surface area contributed by atoms with E-state index in [-0.39, 0.29) is 0 Å². The molecule has 1 aromatic carbocycles. The number of aryl methyl sites for hydroxylation is 1. The molecule has 0 saturated carbocycles. The average molecular weight is 353 g/mol. The van der Waals surface area contributed by atoms with Crippen LogP contribution < -0.4 is 10.2 Å². The predicted octanol–water partition coefficient (Wildman–Crippen LogP) is 2.83. The molecule has 1 N–H and O–H groups in total. The van der Waals surface area contributed by atoms with Crippen LogP contribution in [-0.2, 0) is 4.74 Å². The Bertz CT molecular complexity index is 709. The van der Waals surface area contributed by atoms with E-state index < -0.39 is 0 Å². The number of benzene rings is 1. The number of piperidine rings is 1. The number of rotatable bonds is 4. The summed E-state index contributed by atoms with van der Waals surface area (Å²) in [6.45, 7) is 7.92. The molecule has 6 heteroatoms. The van der Waals surface area contributed by atoms with Crippen LogP contribution in [0.3, 0.4) is 0 Å². The second kappa shape index (κ2) is 8.01. The minimum Gasteiger partial charge on any atom is -0.379 e. The van der Waals surface area contributed by atoms with Gasteiger partial charge in [0.15, 0.2) is 0 Å². The highest BCUT2D eigenvalue weighted by Gasteiger charge is 2.27.